The third kappa shape index (κ3) is 4.54. The number of alkyl halides is 3. The molecule has 7 heteroatoms. The second-order valence-electron chi connectivity index (χ2n) is 3.23. The number of hydrogen-bond acceptors (Lipinski definition) is 2. The zero-order valence-electron chi connectivity index (χ0n) is 8.41. The van der Waals surface area contributed by atoms with Crippen LogP contribution in [0, 0.1) is 0 Å². The van der Waals surface area contributed by atoms with Crippen LogP contribution < -0.4 is 5.32 Å². The molecular formula is C10H8F3NO3. The molecule has 0 bridgehead atoms. The van der Waals surface area contributed by atoms with Crippen molar-refractivity contribution in [2.24, 2.45) is 0 Å². The molecule has 0 saturated carbocycles. The molecule has 1 rings (SSSR count). The highest BCUT2D eigenvalue weighted by atomic mass is 19.4. The van der Waals surface area contributed by atoms with Crippen molar-refractivity contribution in [2.75, 3.05) is 5.32 Å². The van der Waals surface area contributed by atoms with Crippen LogP contribution >= 0.6 is 0 Å². The molecule has 4 nitrogen and oxygen atoms in total. The summed E-state index contributed by atoms with van der Waals surface area (Å²) in [4.78, 5) is 21.5. The van der Waals surface area contributed by atoms with Crippen molar-refractivity contribution < 1.29 is 27.9 Å². The van der Waals surface area contributed by atoms with E-state index in [9.17, 15) is 22.8 Å². The molecule has 0 spiro atoms. The smallest absolute Gasteiger partial charge is 0.397 e. The Morgan fingerprint density at radius 1 is 1.29 bits per heavy atom. The summed E-state index contributed by atoms with van der Waals surface area (Å²) in [5.41, 5.74) is -0.103. The Bertz CT molecular complexity index is 443. The molecule has 2 N–H and O–H groups in total. The lowest BCUT2D eigenvalue weighted by molar-refractivity contribution is -0.150. The summed E-state index contributed by atoms with van der Waals surface area (Å²) >= 11 is 0. The highest BCUT2D eigenvalue weighted by Gasteiger charge is 2.31. The Kier molecular flexibility index (Phi) is 3.72. The van der Waals surface area contributed by atoms with E-state index in [1.165, 1.54) is 18.2 Å². The number of halogens is 3. The monoisotopic (exact) mass is 247 g/mol. The van der Waals surface area contributed by atoms with E-state index in [1.54, 1.807) is 0 Å². The zero-order valence-corrected chi connectivity index (χ0v) is 8.41. The summed E-state index contributed by atoms with van der Waals surface area (Å²) in [5, 5.41) is 10.6. The molecule has 17 heavy (non-hydrogen) atoms. The molecule has 0 unspecified atom stereocenters. The Labute approximate surface area is 94.1 Å². The van der Waals surface area contributed by atoms with Gasteiger partial charge in [0.1, 0.15) is 6.42 Å². The SMILES string of the molecule is O=C(CC(F)(F)F)Nc1cccc(C(=O)O)c1. The van der Waals surface area contributed by atoms with Crippen molar-refractivity contribution in [3.63, 3.8) is 0 Å². The molecular weight excluding hydrogens is 239 g/mol. The number of carbonyl (C=O) groups excluding carboxylic acids is 1. The lowest BCUT2D eigenvalue weighted by atomic mass is 10.2. The maximum Gasteiger partial charge on any atom is 0.397 e. The fourth-order valence-corrected chi connectivity index (χ4v) is 1.12. The highest BCUT2D eigenvalue weighted by molar-refractivity contribution is 5.94. The summed E-state index contributed by atoms with van der Waals surface area (Å²) in [7, 11) is 0. The minimum Gasteiger partial charge on any atom is -0.478 e. The van der Waals surface area contributed by atoms with Crippen LogP contribution in [0.5, 0.6) is 0 Å². The van der Waals surface area contributed by atoms with Crippen LogP contribution in [-0.2, 0) is 4.79 Å². The van der Waals surface area contributed by atoms with Crippen LogP contribution in [0.4, 0.5) is 18.9 Å². The second kappa shape index (κ2) is 4.86. The van der Waals surface area contributed by atoms with Gasteiger partial charge >= 0.3 is 12.1 Å². The Morgan fingerprint density at radius 3 is 2.47 bits per heavy atom. The van der Waals surface area contributed by atoms with Gasteiger partial charge < -0.3 is 10.4 Å². The predicted octanol–water partition coefficient (Wildman–Crippen LogP) is 2.28. The first-order valence-corrected chi connectivity index (χ1v) is 4.48. The van der Waals surface area contributed by atoms with Gasteiger partial charge in [-0.2, -0.15) is 13.2 Å². The van der Waals surface area contributed by atoms with Crippen molar-refractivity contribution in [2.45, 2.75) is 12.6 Å². The molecule has 0 heterocycles. The molecule has 1 amide bonds. The van der Waals surface area contributed by atoms with Gasteiger partial charge in [0.05, 0.1) is 5.56 Å². The normalized spacial score (nSPS) is 11.0. The van der Waals surface area contributed by atoms with Crippen molar-refractivity contribution >= 4 is 17.6 Å². The third-order valence-electron chi connectivity index (χ3n) is 1.75. The van der Waals surface area contributed by atoms with Gasteiger partial charge in [0, 0.05) is 5.69 Å². The molecule has 0 radical (unpaired) electrons. The van der Waals surface area contributed by atoms with Gasteiger partial charge in [0.15, 0.2) is 0 Å². The predicted molar refractivity (Wildman–Crippen MR) is 52.7 cm³/mol. The number of benzene rings is 1. The average molecular weight is 247 g/mol. The average Bonchev–Trinajstić information content (AvgIpc) is 2.14. The molecule has 1 aromatic rings. The number of carboxylic acids is 1. The van der Waals surface area contributed by atoms with E-state index < -0.39 is 24.5 Å². The largest absolute Gasteiger partial charge is 0.478 e. The van der Waals surface area contributed by atoms with Gasteiger partial charge in [-0.15, -0.1) is 0 Å². The quantitative estimate of drug-likeness (QED) is 0.861. The number of amides is 1. The van der Waals surface area contributed by atoms with Crippen LogP contribution in [0.15, 0.2) is 24.3 Å². The van der Waals surface area contributed by atoms with Gasteiger partial charge in [-0.3, -0.25) is 4.79 Å². The van der Waals surface area contributed by atoms with E-state index >= 15 is 0 Å². The number of rotatable bonds is 3. The third-order valence-corrected chi connectivity index (χ3v) is 1.75. The number of hydrogen-bond donors (Lipinski definition) is 2. The topological polar surface area (TPSA) is 66.4 Å². The Balaban J connectivity index is 2.72. The van der Waals surface area contributed by atoms with Crippen molar-refractivity contribution in [3.8, 4) is 0 Å². The molecule has 0 aliphatic heterocycles. The Hall–Kier alpha value is -2.05. The van der Waals surface area contributed by atoms with Gasteiger partial charge in [0.25, 0.3) is 0 Å². The molecule has 0 aromatic heterocycles. The van der Waals surface area contributed by atoms with Gasteiger partial charge in [-0.1, -0.05) is 6.07 Å². The van der Waals surface area contributed by atoms with E-state index in [0.29, 0.717) is 0 Å². The molecule has 0 fully saturated rings. The summed E-state index contributed by atoms with van der Waals surface area (Å²) in [6.45, 7) is 0. The lowest BCUT2D eigenvalue weighted by Crippen LogP contribution is -2.21. The number of nitrogens with one attached hydrogen (secondary N) is 1. The first kappa shape index (κ1) is 13.0. The minimum absolute atomic E-state index is 0.0131. The molecule has 92 valence electrons. The summed E-state index contributed by atoms with van der Waals surface area (Å²) < 4.78 is 35.6. The van der Waals surface area contributed by atoms with Crippen molar-refractivity contribution in [3.05, 3.63) is 29.8 Å². The molecule has 0 aliphatic rings. The first-order valence-electron chi connectivity index (χ1n) is 4.48. The lowest BCUT2D eigenvalue weighted by Gasteiger charge is -2.08. The van der Waals surface area contributed by atoms with Gasteiger partial charge in [0.2, 0.25) is 5.91 Å². The van der Waals surface area contributed by atoms with E-state index in [-0.39, 0.29) is 11.3 Å². The fraction of sp³-hybridized carbons (Fsp3) is 0.200. The van der Waals surface area contributed by atoms with Crippen LogP contribution in [0.2, 0.25) is 0 Å². The molecule has 0 atom stereocenters. The van der Waals surface area contributed by atoms with E-state index in [1.807, 2.05) is 5.32 Å². The number of anilines is 1. The number of carboxylic acid groups (broad SMARTS) is 1. The van der Waals surface area contributed by atoms with Crippen LogP contribution in [-0.4, -0.2) is 23.2 Å². The maximum absolute atomic E-state index is 11.9. The highest BCUT2D eigenvalue weighted by Crippen LogP contribution is 2.20. The molecule has 0 aliphatic carbocycles. The summed E-state index contributed by atoms with van der Waals surface area (Å²) in [6, 6.07) is 4.98. The second-order valence-corrected chi connectivity index (χ2v) is 3.23. The minimum atomic E-state index is -4.59. The van der Waals surface area contributed by atoms with Crippen molar-refractivity contribution in [1.82, 2.24) is 0 Å². The van der Waals surface area contributed by atoms with E-state index in [2.05, 4.69) is 0 Å². The van der Waals surface area contributed by atoms with Crippen LogP contribution in [0.1, 0.15) is 16.8 Å². The number of aromatic carboxylic acids is 1. The van der Waals surface area contributed by atoms with Crippen LogP contribution in [0.3, 0.4) is 0 Å². The summed E-state index contributed by atoms with van der Waals surface area (Å²) in [6.07, 6.45) is -6.20. The van der Waals surface area contributed by atoms with Crippen molar-refractivity contribution in [1.29, 1.82) is 0 Å². The number of carbonyl (C=O) groups is 2. The van der Waals surface area contributed by atoms with E-state index in [4.69, 9.17) is 5.11 Å². The first-order chi connectivity index (χ1) is 7.78. The maximum atomic E-state index is 11.9. The standard InChI is InChI=1S/C10H8F3NO3/c11-10(12,13)5-8(15)14-7-3-1-2-6(4-7)9(16)17/h1-4H,5H2,(H,14,15)(H,16,17). The Morgan fingerprint density at radius 2 is 1.94 bits per heavy atom. The van der Waals surface area contributed by atoms with Gasteiger partial charge in [-0.25, -0.2) is 4.79 Å². The fourth-order valence-electron chi connectivity index (χ4n) is 1.12. The zero-order chi connectivity index (χ0) is 13.1. The van der Waals surface area contributed by atoms with Gasteiger partial charge in [-0.05, 0) is 18.2 Å². The van der Waals surface area contributed by atoms with E-state index in [0.717, 1.165) is 6.07 Å². The molecule has 1 aromatic carbocycles. The van der Waals surface area contributed by atoms with Crippen LogP contribution in [0.25, 0.3) is 0 Å². The molecule has 0 saturated heterocycles. The summed E-state index contributed by atoms with van der Waals surface area (Å²) in [5.74, 6) is -2.46.